The monoisotopic (exact) mass is 316 g/mol. The summed E-state index contributed by atoms with van der Waals surface area (Å²) in [5.41, 5.74) is 2.21. The Kier molecular flexibility index (Phi) is 5.92. The lowest BCUT2D eigenvalue weighted by molar-refractivity contribution is -0.896. The zero-order valence-electron chi connectivity index (χ0n) is 14.2. The van der Waals surface area contributed by atoms with Crippen LogP contribution in [0.25, 0.3) is 0 Å². The van der Waals surface area contributed by atoms with Gasteiger partial charge in [0.25, 0.3) is 5.91 Å². The Balaban J connectivity index is 1.51. The van der Waals surface area contributed by atoms with E-state index in [0.29, 0.717) is 6.54 Å². The van der Waals surface area contributed by atoms with E-state index in [1.54, 1.807) is 0 Å². The zero-order valence-corrected chi connectivity index (χ0v) is 14.2. The number of nitrogens with one attached hydrogen (secondary N) is 2. The van der Waals surface area contributed by atoms with Gasteiger partial charge in [0.1, 0.15) is 0 Å². The minimum Gasteiger partial charge on any atom is -0.372 e. The van der Waals surface area contributed by atoms with E-state index in [-0.39, 0.29) is 5.91 Å². The molecule has 2 aliphatic rings. The molecule has 4 nitrogen and oxygen atoms in total. The molecule has 0 aromatic heterocycles. The molecule has 0 radical (unpaired) electrons. The summed E-state index contributed by atoms with van der Waals surface area (Å²) in [6.07, 6.45) is 9.12. The van der Waals surface area contributed by atoms with Crippen LogP contribution in [0.2, 0.25) is 0 Å². The molecule has 0 aliphatic carbocycles. The summed E-state index contributed by atoms with van der Waals surface area (Å²) in [5.74, 6) is 0.143. The number of carbonyl (C=O) groups is 1. The number of hydrogen-bond acceptors (Lipinski definition) is 2. The van der Waals surface area contributed by atoms with Gasteiger partial charge in [-0.1, -0.05) is 12.8 Å². The first-order chi connectivity index (χ1) is 11.3. The largest absolute Gasteiger partial charge is 0.372 e. The second-order valence-corrected chi connectivity index (χ2v) is 6.98. The summed E-state index contributed by atoms with van der Waals surface area (Å²) < 4.78 is 0. The van der Waals surface area contributed by atoms with Gasteiger partial charge in [-0.3, -0.25) is 4.79 Å². The molecule has 0 saturated carbocycles. The Morgan fingerprint density at radius 1 is 0.913 bits per heavy atom. The molecule has 2 heterocycles. The van der Waals surface area contributed by atoms with Crippen LogP contribution in [-0.2, 0) is 4.79 Å². The fourth-order valence-corrected chi connectivity index (χ4v) is 3.75. The third-order valence-corrected chi connectivity index (χ3v) is 5.09. The van der Waals surface area contributed by atoms with Gasteiger partial charge in [-0.05, 0) is 56.4 Å². The van der Waals surface area contributed by atoms with E-state index in [0.717, 1.165) is 31.9 Å². The molecule has 3 rings (SSSR count). The van der Waals surface area contributed by atoms with Crippen LogP contribution in [0.15, 0.2) is 24.3 Å². The van der Waals surface area contributed by atoms with E-state index >= 15 is 0 Å². The Morgan fingerprint density at radius 2 is 1.52 bits per heavy atom. The highest BCUT2D eigenvalue weighted by Crippen LogP contribution is 2.21. The van der Waals surface area contributed by atoms with Crippen LogP contribution in [0.3, 0.4) is 0 Å². The van der Waals surface area contributed by atoms with Gasteiger partial charge in [0.15, 0.2) is 6.54 Å². The molecule has 0 bridgehead atoms. The second-order valence-electron chi connectivity index (χ2n) is 6.98. The molecule has 1 aromatic carbocycles. The van der Waals surface area contributed by atoms with Gasteiger partial charge in [-0.25, -0.2) is 0 Å². The number of nitrogens with zero attached hydrogens (tertiary/aromatic N) is 1. The highest BCUT2D eigenvalue weighted by molar-refractivity contribution is 5.91. The van der Waals surface area contributed by atoms with Crippen LogP contribution in [-0.4, -0.2) is 38.6 Å². The molecule has 0 spiro atoms. The third-order valence-electron chi connectivity index (χ3n) is 5.09. The standard InChI is InChI=1S/C19H29N3O/c23-19(16-21-12-4-3-5-13-21)20-17-8-10-18(11-9-17)22-14-6-1-2-7-15-22/h8-11H,1-7,12-16H2,(H,20,23)/p+1. The number of piperidine rings is 1. The van der Waals surface area contributed by atoms with Crippen LogP contribution in [0, 0.1) is 0 Å². The number of likely N-dealkylation sites (tertiary alicyclic amines) is 1. The molecule has 0 unspecified atom stereocenters. The van der Waals surface area contributed by atoms with Gasteiger partial charge in [-0.15, -0.1) is 0 Å². The number of hydrogen-bond donors (Lipinski definition) is 2. The smallest absolute Gasteiger partial charge is 0.279 e. The topological polar surface area (TPSA) is 36.8 Å². The summed E-state index contributed by atoms with van der Waals surface area (Å²) in [6, 6.07) is 8.39. The molecule has 1 aromatic rings. The van der Waals surface area contributed by atoms with Crippen LogP contribution >= 0.6 is 0 Å². The maximum Gasteiger partial charge on any atom is 0.279 e. The van der Waals surface area contributed by atoms with Crippen molar-refractivity contribution in [2.24, 2.45) is 0 Å². The molecule has 2 fully saturated rings. The molecule has 4 heteroatoms. The van der Waals surface area contributed by atoms with E-state index in [1.807, 2.05) is 12.1 Å². The van der Waals surface area contributed by atoms with E-state index in [2.05, 4.69) is 22.3 Å². The van der Waals surface area contributed by atoms with Crippen molar-refractivity contribution < 1.29 is 9.69 Å². The van der Waals surface area contributed by atoms with Gasteiger partial charge in [-0.2, -0.15) is 0 Å². The van der Waals surface area contributed by atoms with Crippen molar-refractivity contribution in [2.75, 3.05) is 42.9 Å². The summed E-state index contributed by atoms with van der Waals surface area (Å²) in [7, 11) is 0. The Morgan fingerprint density at radius 3 is 2.17 bits per heavy atom. The van der Waals surface area contributed by atoms with Gasteiger partial charge < -0.3 is 15.1 Å². The highest BCUT2D eigenvalue weighted by Gasteiger charge is 2.17. The fraction of sp³-hybridized carbons (Fsp3) is 0.632. The normalized spacial score (nSPS) is 20.1. The predicted octanol–water partition coefficient (Wildman–Crippen LogP) is 2.07. The summed E-state index contributed by atoms with van der Waals surface area (Å²) in [5, 5.41) is 3.05. The average molecular weight is 316 g/mol. The quantitative estimate of drug-likeness (QED) is 0.892. The first-order valence-electron chi connectivity index (χ1n) is 9.30. The maximum absolute atomic E-state index is 12.2. The molecular weight excluding hydrogens is 286 g/mol. The van der Waals surface area contributed by atoms with Crippen LogP contribution in [0.4, 0.5) is 11.4 Å². The molecule has 2 aliphatic heterocycles. The SMILES string of the molecule is O=C(C[NH+]1CCCCC1)Nc1ccc(N2CCCCCC2)cc1. The van der Waals surface area contributed by atoms with Crippen molar-refractivity contribution in [2.45, 2.75) is 44.9 Å². The molecular formula is C19H30N3O+. The summed E-state index contributed by atoms with van der Waals surface area (Å²) in [4.78, 5) is 16.1. The van der Waals surface area contributed by atoms with Gasteiger partial charge in [0.05, 0.1) is 13.1 Å². The van der Waals surface area contributed by atoms with Crippen molar-refractivity contribution >= 4 is 17.3 Å². The second kappa shape index (κ2) is 8.34. The fourth-order valence-electron chi connectivity index (χ4n) is 3.75. The third kappa shape index (κ3) is 4.96. The van der Waals surface area contributed by atoms with Gasteiger partial charge in [0.2, 0.25) is 0 Å². The summed E-state index contributed by atoms with van der Waals surface area (Å²) >= 11 is 0. The number of anilines is 2. The van der Waals surface area contributed by atoms with Crippen LogP contribution in [0.5, 0.6) is 0 Å². The number of carbonyl (C=O) groups excluding carboxylic acids is 1. The Bertz CT molecular complexity index is 486. The van der Waals surface area contributed by atoms with Gasteiger partial charge in [0, 0.05) is 24.5 Å². The number of rotatable bonds is 4. The predicted molar refractivity (Wildman–Crippen MR) is 95.2 cm³/mol. The lowest BCUT2D eigenvalue weighted by Gasteiger charge is -2.23. The van der Waals surface area contributed by atoms with Crippen molar-refractivity contribution in [1.29, 1.82) is 0 Å². The summed E-state index contributed by atoms with van der Waals surface area (Å²) in [6.45, 7) is 5.20. The van der Waals surface area contributed by atoms with E-state index in [9.17, 15) is 4.79 Å². The van der Waals surface area contributed by atoms with E-state index in [4.69, 9.17) is 0 Å². The van der Waals surface area contributed by atoms with Crippen molar-refractivity contribution in [3.63, 3.8) is 0 Å². The maximum atomic E-state index is 12.2. The molecule has 1 amide bonds. The average Bonchev–Trinajstić information content (AvgIpc) is 2.86. The first kappa shape index (κ1) is 16.3. The molecule has 126 valence electrons. The van der Waals surface area contributed by atoms with Crippen molar-refractivity contribution in [1.82, 2.24) is 0 Å². The minimum absolute atomic E-state index is 0.143. The molecule has 2 saturated heterocycles. The van der Waals surface area contributed by atoms with Crippen LogP contribution in [0.1, 0.15) is 44.9 Å². The Labute approximate surface area is 139 Å². The first-order valence-corrected chi connectivity index (χ1v) is 9.30. The van der Waals surface area contributed by atoms with Gasteiger partial charge >= 0.3 is 0 Å². The number of amides is 1. The lowest BCUT2D eigenvalue weighted by atomic mass is 10.1. The highest BCUT2D eigenvalue weighted by atomic mass is 16.2. The van der Waals surface area contributed by atoms with E-state index in [1.165, 1.54) is 55.5 Å². The molecule has 23 heavy (non-hydrogen) atoms. The van der Waals surface area contributed by atoms with Crippen molar-refractivity contribution in [3.05, 3.63) is 24.3 Å². The number of quaternary nitrogens is 1. The Hall–Kier alpha value is -1.55. The zero-order chi connectivity index (χ0) is 15.9. The minimum atomic E-state index is 0.143. The van der Waals surface area contributed by atoms with Crippen LogP contribution < -0.4 is 15.1 Å². The lowest BCUT2D eigenvalue weighted by Crippen LogP contribution is -3.13. The van der Waals surface area contributed by atoms with Crippen molar-refractivity contribution in [3.8, 4) is 0 Å². The number of benzene rings is 1. The molecule has 0 atom stereocenters. The van der Waals surface area contributed by atoms with E-state index < -0.39 is 0 Å². The molecule has 2 N–H and O–H groups in total.